The first-order valence-corrected chi connectivity index (χ1v) is 11.8. The molecule has 1 N–H and O–H groups in total. The van der Waals surface area contributed by atoms with Crippen molar-refractivity contribution in [1.82, 2.24) is 4.98 Å². The Morgan fingerprint density at radius 2 is 1.37 bits per heavy atom. The van der Waals surface area contributed by atoms with E-state index in [-0.39, 0.29) is 37.1 Å². The van der Waals surface area contributed by atoms with Gasteiger partial charge >= 0.3 is 0 Å². The average molecular weight is 651 g/mol. The minimum Gasteiger partial charge on any atom is -0.512 e. The van der Waals surface area contributed by atoms with Crippen molar-refractivity contribution >= 4 is 16.7 Å². The quantitative estimate of drug-likeness (QED) is 0.172. The summed E-state index contributed by atoms with van der Waals surface area (Å²) in [5.74, 6) is 0.104. The van der Waals surface area contributed by atoms with Crippen LogP contribution in [0.2, 0.25) is 0 Å². The van der Waals surface area contributed by atoms with Gasteiger partial charge in [0.25, 0.3) is 0 Å². The fourth-order valence-corrected chi connectivity index (χ4v) is 3.40. The Labute approximate surface area is 225 Å². The third kappa shape index (κ3) is 8.40. The SMILES string of the molecule is CC(C)(C)C(=O)/C=C(\O)C(C)(C)C.Cc1[c-]c(-c2nc3cc(C)c(C)cc3cc2C)cc(C)c1.[Ir]. The first kappa shape index (κ1) is 30.7. The molecule has 3 rings (SSSR count). The predicted molar refractivity (Wildman–Crippen MR) is 144 cm³/mol. The van der Waals surface area contributed by atoms with Crippen LogP contribution in [0.1, 0.15) is 69.4 Å². The maximum Gasteiger partial charge on any atom is 0.164 e. The zero-order chi connectivity index (χ0) is 26.0. The van der Waals surface area contributed by atoms with Crippen LogP contribution in [0, 0.1) is 51.5 Å². The molecule has 0 aliphatic heterocycles. The molecule has 2 aromatic carbocycles. The van der Waals surface area contributed by atoms with Gasteiger partial charge in [-0.25, -0.2) is 0 Å². The molecule has 0 aliphatic carbocycles. The van der Waals surface area contributed by atoms with E-state index in [1.165, 1.54) is 33.7 Å². The van der Waals surface area contributed by atoms with Gasteiger partial charge in [0, 0.05) is 37.0 Å². The Balaban J connectivity index is 0.000000383. The van der Waals surface area contributed by atoms with Gasteiger partial charge in [0.05, 0.1) is 5.52 Å². The van der Waals surface area contributed by atoms with E-state index in [2.05, 4.69) is 71.0 Å². The molecule has 1 heterocycles. The third-order valence-electron chi connectivity index (χ3n) is 5.80. The number of carbonyl (C=O) groups excluding carboxylic acids is 1. The maximum atomic E-state index is 11.5. The van der Waals surface area contributed by atoms with E-state index >= 15 is 0 Å². The number of ketones is 1. The first-order valence-electron chi connectivity index (χ1n) is 11.8. The van der Waals surface area contributed by atoms with Crippen LogP contribution in [-0.2, 0) is 24.9 Å². The molecule has 0 spiro atoms. The Hall–Kier alpha value is -2.29. The number of aliphatic hydroxyl groups excluding tert-OH is 1. The van der Waals surface area contributed by atoms with Crippen molar-refractivity contribution in [3.8, 4) is 11.3 Å². The number of allylic oxidation sites excluding steroid dienone is 2. The van der Waals surface area contributed by atoms with Gasteiger partial charge < -0.3 is 5.11 Å². The Morgan fingerprint density at radius 3 is 1.89 bits per heavy atom. The molecule has 0 aliphatic rings. The van der Waals surface area contributed by atoms with Crippen LogP contribution in [0.4, 0.5) is 0 Å². The van der Waals surface area contributed by atoms with E-state index in [0.717, 1.165) is 22.3 Å². The van der Waals surface area contributed by atoms with Gasteiger partial charge in [-0.1, -0.05) is 67.0 Å². The summed E-state index contributed by atoms with van der Waals surface area (Å²) in [5.41, 5.74) is 8.64. The number of pyridine rings is 1. The number of hydrogen-bond acceptors (Lipinski definition) is 3. The Kier molecular flexibility index (Phi) is 10.2. The molecule has 1 aromatic heterocycles. The number of hydrogen-bond donors (Lipinski definition) is 1. The van der Waals surface area contributed by atoms with Gasteiger partial charge in [0.15, 0.2) is 5.78 Å². The van der Waals surface area contributed by atoms with Gasteiger partial charge in [-0.15, -0.1) is 34.9 Å². The van der Waals surface area contributed by atoms with Crippen molar-refractivity contribution in [2.45, 2.75) is 76.2 Å². The molecule has 3 nitrogen and oxygen atoms in total. The number of fused-ring (bicyclic) bond motifs is 1. The van der Waals surface area contributed by atoms with Crippen molar-refractivity contribution in [1.29, 1.82) is 0 Å². The molecular formula is C31H40IrNO2-. The molecule has 0 bridgehead atoms. The summed E-state index contributed by atoms with van der Waals surface area (Å²) < 4.78 is 0. The van der Waals surface area contributed by atoms with Gasteiger partial charge in [0.1, 0.15) is 5.76 Å². The van der Waals surface area contributed by atoms with Gasteiger partial charge in [0.2, 0.25) is 0 Å². The van der Waals surface area contributed by atoms with Crippen molar-refractivity contribution in [3.63, 3.8) is 0 Å². The molecule has 0 atom stereocenters. The smallest absolute Gasteiger partial charge is 0.164 e. The molecule has 1 radical (unpaired) electrons. The number of aryl methyl sites for hydroxylation is 5. The van der Waals surface area contributed by atoms with Crippen molar-refractivity contribution < 1.29 is 30.0 Å². The first-order chi connectivity index (χ1) is 15.5. The molecule has 4 heteroatoms. The van der Waals surface area contributed by atoms with Gasteiger partial charge in [-0.3, -0.25) is 9.78 Å². The molecule has 191 valence electrons. The molecule has 0 amide bonds. The van der Waals surface area contributed by atoms with Crippen LogP contribution in [0.5, 0.6) is 0 Å². The predicted octanol–water partition coefficient (Wildman–Crippen LogP) is 8.33. The van der Waals surface area contributed by atoms with Crippen LogP contribution < -0.4 is 0 Å². The summed E-state index contributed by atoms with van der Waals surface area (Å²) in [6, 6.07) is 14.4. The van der Waals surface area contributed by atoms with Crippen LogP contribution >= 0.6 is 0 Å². The monoisotopic (exact) mass is 651 g/mol. The zero-order valence-electron chi connectivity index (χ0n) is 23.1. The second-order valence-electron chi connectivity index (χ2n) is 11.4. The number of benzene rings is 2. The summed E-state index contributed by atoms with van der Waals surface area (Å²) in [5, 5.41) is 10.8. The van der Waals surface area contributed by atoms with E-state index in [4.69, 9.17) is 4.98 Å². The standard InChI is InChI=1S/C20H20N.C11H20O2.Ir/c1-12-6-13(2)8-18(7-12)20-16(5)10-17-9-14(3)15(4)11-19(17)21-20;1-10(2,3)8(12)7-9(13)11(4,5)6;/h6-7,9-11H,1-5H3;7,12H,1-6H3;/q-1;;/b;8-7-;. The number of aliphatic hydroxyl groups is 1. The van der Waals surface area contributed by atoms with Gasteiger partial charge in [-0.05, 0) is 55.1 Å². The number of nitrogens with zero attached hydrogens (tertiary/aromatic N) is 1. The minimum atomic E-state index is -0.417. The molecular weight excluding hydrogens is 611 g/mol. The normalized spacial score (nSPS) is 12.0. The van der Waals surface area contributed by atoms with Crippen molar-refractivity contribution in [2.75, 3.05) is 0 Å². The Bertz CT molecular complexity index is 1220. The summed E-state index contributed by atoms with van der Waals surface area (Å²) in [4.78, 5) is 16.4. The summed E-state index contributed by atoms with van der Waals surface area (Å²) in [7, 11) is 0. The largest absolute Gasteiger partial charge is 0.512 e. The maximum absolute atomic E-state index is 11.5. The third-order valence-corrected chi connectivity index (χ3v) is 5.80. The number of rotatable bonds is 2. The van der Waals surface area contributed by atoms with E-state index in [0.29, 0.717) is 0 Å². The summed E-state index contributed by atoms with van der Waals surface area (Å²) in [6.07, 6.45) is 1.33. The van der Waals surface area contributed by atoms with E-state index < -0.39 is 5.41 Å². The molecule has 35 heavy (non-hydrogen) atoms. The molecule has 0 saturated heterocycles. The number of aromatic nitrogens is 1. The second kappa shape index (κ2) is 11.6. The topological polar surface area (TPSA) is 50.2 Å². The molecule has 3 aromatic rings. The van der Waals surface area contributed by atoms with Crippen LogP contribution in [0.25, 0.3) is 22.2 Å². The summed E-state index contributed by atoms with van der Waals surface area (Å²) >= 11 is 0. The minimum absolute atomic E-state index is 0. The summed E-state index contributed by atoms with van der Waals surface area (Å²) in [6.45, 7) is 21.7. The Morgan fingerprint density at radius 1 is 0.829 bits per heavy atom. The van der Waals surface area contributed by atoms with Crippen molar-refractivity contribution in [3.05, 3.63) is 76.1 Å². The van der Waals surface area contributed by atoms with E-state index in [1.54, 1.807) is 0 Å². The van der Waals surface area contributed by atoms with Gasteiger partial charge in [-0.2, -0.15) is 0 Å². The van der Waals surface area contributed by atoms with Crippen molar-refractivity contribution in [2.24, 2.45) is 10.8 Å². The zero-order valence-corrected chi connectivity index (χ0v) is 25.5. The molecule has 0 unspecified atom stereocenters. The average Bonchev–Trinajstić information content (AvgIpc) is 2.67. The van der Waals surface area contributed by atoms with E-state index in [9.17, 15) is 9.90 Å². The molecule has 0 fully saturated rings. The van der Waals surface area contributed by atoms with Crippen LogP contribution in [0.3, 0.4) is 0 Å². The number of carbonyl (C=O) groups is 1. The second-order valence-corrected chi connectivity index (χ2v) is 11.4. The fraction of sp³-hybridized carbons (Fsp3) is 0.419. The van der Waals surface area contributed by atoms with E-state index in [1.807, 2.05) is 41.5 Å². The van der Waals surface area contributed by atoms with Crippen LogP contribution in [-0.4, -0.2) is 15.9 Å². The molecule has 0 saturated carbocycles. The van der Waals surface area contributed by atoms with Crippen LogP contribution in [0.15, 0.2) is 42.2 Å². The fourth-order valence-electron chi connectivity index (χ4n) is 3.40.